The van der Waals surface area contributed by atoms with Crippen LogP contribution in [0.3, 0.4) is 0 Å². The molecule has 0 saturated carbocycles. The summed E-state index contributed by atoms with van der Waals surface area (Å²) in [7, 11) is 0. The van der Waals surface area contributed by atoms with Crippen molar-refractivity contribution >= 4 is 24.1 Å². The fourth-order valence-electron chi connectivity index (χ4n) is 0.926. The maximum Gasteiger partial charge on any atom is 0.425 e. The van der Waals surface area contributed by atoms with Crippen LogP contribution in [-0.4, -0.2) is 21.5 Å². The summed E-state index contributed by atoms with van der Waals surface area (Å²) in [6, 6.07) is 8.24. The Morgan fingerprint density at radius 1 is 1.33 bits per heavy atom. The molecule has 6 heteroatoms. The molecule has 0 aliphatic heterocycles. The minimum Gasteiger partial charge on any atom is -0.464 e. The van der Waals surface area contributed by atoms with Gasteiger partial charge < -0.3 is 10.8 Å². The summed E-state index contributed by atoms with van der Waals surface area (Å²) >= 11 is 0.850. The molecule has 0 bridgehead atoms. The highest BCUT2D eigenvalue weighted by atomic mass is 32.2. The maximum absolute atomic E-state index is 10.7. The van der Waals surface area contributed by atoms with Crippen LogP contribution in [-0.2, 0) is 5.75 Å². The van der Waals surface area contributed by atoms with Crippen LogP contribution >= 0.6 is 11.9 Å². The Bertz CT molecular complexity index is 342. The maximum atomic E-state index is 10.7. The van der Waals surface area contributed by atoms with Gasteiger partial charge in [0.1, 0.15) is 0 Å². The number of primary amides is 1. The molecule has 0 aliphatic rings. The van der Waals surface area contributed by atoms with Crippen LogP contribution in [0.15, 0.2) is 30.3 Å². The Labute approximate surface area is 91.0 Å². The molecule has 0 radical (unpaired) electrons. The molecule has 0 heterocycles. The van der Waals surface area contributed by atoms with Crippen LogP contribution in [0.1, 0.15) is 5.56 Å². The lowest BCUT2D eigenvalue weighted by Gasteiger charge is -2.12. The second-order valence-corrected chi connectivity index (χ2v) is 3.59. The van der Waals surface area contributed by atoms with Crippen molar-refractivity contribution in [3.63, 3.8) is 0 Å². The van der Waals surface area contributed by atoms with E-state index in [1.165, 1.54) is 0 Å². The number of amides is 3. The summed E-state index contributed by atoms with van der Waals surface area (Å²) in [5.74, 6) is 0.385. The molecule has 0 fully saturated rings. The standard InChI is InChI=1S/C9H10N2O3S/c10-8(12)11(9(13)14)15-6-7-4-2-1-3-5-7/h1-5H,6H2,(H2,10,12)(H,13,14). The minimum atomic E-state index is -1.36. The first-order valence-electron chi connectivity index (χ1n) is 4.10. The number of benzene rings is 1. The smallest absolute Gasteiger partial charge is 0.425 e. The summed E-state index contributed by atoms with van der Waals surface area (Å²) in [6.07, 6.45) is -1.36. The first-order chi connectivity index (χ1) is 7.11. The lowest BCUT2D eigenvalue weighted by Crippen LogP contribution is -2.34. The molecular weight excluding hydrogens is 216 g/mol. The van der Waals surface area contributed by atoms with E-state index in [1.54, 1.807) is 0 Å². The SMILES string of the molecule is NC(=O)N(SCc1ccccc1)C(=O)O. The molecule has 1 rings (SSSR count). The summed E-state index contributed by atoms with van der Waals surface area (Å²) in [6.45, 7) is 0. The van der Waals surface area contributed by atoms with Crippen LogP contribution in [0.25, 0.3) is 0 Å². The molecule has 0 aromatic heterocycles. The van der Waals surface area contributed by atoms with Gasteiger partial charge in [-0.05, 0) is 17.5 Å². The highest BCUT2D eigenvalue weighted by Crippen LogP contribution is 2.16. The third kappa shape index (κ3) is 3.51. The largest absolute Gasteiger partial charge is 0.464 e. The van der Waals surface area contributed by atoms with Gasteiger partial charge in [-0.3, -0.25) is 0 Å². The third-order valence-electron chi connectivity index (χ3n) is 1.58. The lowest BCUT2D eigenvalue weighted by atomic mass is 10.2. The van der Waals surface area contributed by atoms with Gasteiger partial charge in [-0.1, -0.05) is 30.3 Å². The summed E-state index contributed by atoms with van der Waals surface area (Å²) < 4.78 is 0.507. The predicted molar refractivity (Wildman–Crippen MR) is 57.2 cm³/mol. The van der Waals surface area contributed by atoms with Gasteiger partial charge in [0.25, 0.3) is 0 Å². The Kier molecular flexibility index (Phi) is 3.99. The monoisotopic (exact) mass is 226 g/mol. The molecule has 0 unspecified atom stereocenters. The normalized spacial score (nSPS) is 9.60. The number of nitrogens with zero attached hydrogens (tertiary/aromatic N) is 1. The number of carbonyl (C=O) groups excluding carboxylic acids is 1. The van der Waals surface area contributed by atoms with Crippen molar-refractivity contribution in [2.45, 2.75) is 5.75 Å². The van der Waals surface area contributed by atoms with Crippen LogP contribution in [0, 0.1) is 0 Å². The van der Waals surface area contributed by atoms with E-state index in [9.17, 15) is 9.59 Å². The van der Waals surface area contributed by atoms with Gasteiger partial charge in [-0.15, -0.1) is 0 Å². The van der Waals surface area contributed by atoms with Crippen molar-refractivity contribution in [2.75, 3.05) is 0 Å². The third-order valence-corrected chi connectivity index (χ3v) is 2.63. The van der Waals surface area contributed by atoms with E-state index < -0.39 is 12.1 Å². The number of hydrogen-bond acceptors (Lipinski definition) is 3. The fourth-order valence-corrected chi connectivity index (χ4v) is 1.63. The number of carbonyl (C=O) groups is 2. The highest BCUT2D eigenvalue weighted by Gasteiger charge is 2.18. The molecular formula is C9H10N2O3S. The zero-order valence-electron chi connectivity index (χ0n) is 7.79. The number of hydrogen-bond donors (Lipinski definition) is 2. The first-order valence-corrected chi connectivity index (χ1v) is 5.05. The molecule has 0 atom stereocenters. The van der Waals surface area contributed by atoms with Gasteiger partial charge in [-0.2, -0.15) is 4.31 Å². The summed E-state index contributed by atoms with van der Waals surface area (Å²) in [5.41, 5.74) is 5.81. The summed E-state index contributed by atoms with van der Waals surface area (Å²) in [5, 5.41) is 8.63. The van der Waals surface area contributed by atoms with E-state index in [2.05, 4.69) is 0 Å². The fraction of sp³-hybridized carbons (Fsp3) is 0.111. The van der Waals surface area contributed by atoms with Gasteiger partial charge in [-0.25, -0.2) is 9.59 Å². The van der Waals surface area contributed by atoms with Crippen molar-refractivity contribution in [3.05, 3.63) is 35.9 Å². The Hall–Kier alpha value is -1.69. The van der Waals surface area contributed by atoms with E-state index in [4.69, 9.17) is 10.8 Å². The predicted octanol–water partition coefficient (Wildman–Crippen LogP) is 1.89. The van der Waals surface area contributed by atoms with Gasteiger partial charge in [0.2, 0.25) is 0 Å². The molecule has 15 heavy (non-hydrogen) atoms. The van der Waals surface area contributed by atoms with Gasteiger partial charge in [0.15, 0.2) is 0 Å². The Balaban J connectivity index is 2.55. The molecule has 1 aromatic rings. The average molecular weight is 226 g/mol. The van der Waals surface area contributed by atoms with E-state index in [-0.39, 0.29) is 0 Å². The molecule has 1 aromatic carbocycles. The lowest BCUT2D eigenvalue weighted by molar-refractivity contribution is 0.176. The first kappa shape index (κ1) is 11.4. The van der Waals surface area contributed by atoms with E-state index in [1.807, 2.05) is 30.3 Å². The number of urea groups is 1. The number of nitrogens with two attached hydrogens (primary N) is 1. The van der Waals surface area contributed by atoms with Crippen molar-refractivity contribution in [2.24, 2.45) is 5.73 Å². The quantitative estimate of drug-likeness (QED) is 0.771. The average Bonchev–Trinajstić information content (AvgIpc) is 2.18. The van der Waals surface area contributed by atoms with Crippen molar-refractivity contribution in [1.82, 2.24) is 4.31 Å². The van der Waals surface area contributed by atoms with Gasteiger partial charge >= 0.3 is 12.1 Å². The van der Waals surface area contributed by atoms with Crippen molar-refractivity contribution in [1.29, 1.82) is 0 Å². The molecule has 0 spiro atoms. The Morgan fingerprint density at radius 3 is 2.40 bits per heavy atom. The molecule has 3 amide bonds. The second-order valence-electron chi connectivity index (χ2n) is 2.67. The molecule has 0 saturated heterocycles. The minimum absolute atomic E-state index is 0.385. The van der Waals surface area contributed by atoms with Crippen molar-refractivity contribution in [3.8, 4) is 0 Å². The van der Waals surface area contributed by atoms with Crippen LogP contribution < -0.4 is 5.73 Å². The zero-order chi connectivity index (χ0) is 11.3. The topological polar surface area (TPSA) is 83.6 Å². The molecule has 80 valence electrons. The van der Waals surface area contributed by atoms with Crippen molar-refractivity contribution < 1.29 is 14.7 Å². The zero-order valence-corrected chi connectivity index (χ0v) is 8.61. The van der Waals surface area contributed by atoms with Gasteiger partial charge in [0, 0.05) is 5.75 Å². The number of rotatable bonds is 3. The number of carboxylic acid groups (broad SMARTS) is 1. The molecule has 0 aliphatic carbocycles. The second kappa shape index (κ2) is 5.26. The highest BCUT2D eigenvalue weighted by molar-refractivity contribution is 7.97. The van der Waals surface area contributed by atoms with Crippen LogP contribution in [0.4, 0.5) is 9.59 Å². The Morgan fingerprint density at radius 2 is 1.93 bits per heavy atom. The number of imide groups is 1. The summed E-state index contributed by atoms with van der Waals surface area (Å²) in [4.78, 5) is 21.3. The van der Waals surface area contributed by atoms with E-state index in [0.717, 1.165) is 17.5 Å². The van der Waals surface area contributed by atoms with E-state index >= 15 is 0 Å². The van der Waals surface area contributed by atoms with Crippen LogP contribution in [0.5, 0.6) is 0 Å². The molecule has 3 N–H and O–H groups in total. The van der Waals surface area contributed by atoms with Crippen LogP contribution in [0.2, 0.25) is 0 Å². The molecule has 5 nitrogen and oxygen atoms in total. The van der Waals surface area contributed by atoms with Gasteiger partial charge in [0.05, 0.1) is 0 Å². The van der Waals surface area contributed by atoms with E-state index in [0.29, 0.717) is 10.1 Å².